The van der Waals surface area contributed by atoms with Crippen molar-refractivity contribution in [3.63, 3.8) is 0 Å². The van der Waals surface area contributed by atoms with E-state index in [1.165, 1.54) is 0 Å². The van der Waals surface area contributed by atoms with Crippen LogP contribution in [-0.2, 0) is 0 Å². The molecular weight excluding hydrogens is 316 g/mol. The van der Waals surface area contributed by atoms with Gasteiger partial charge < -0.3 is 9.52 Å². The zero-order chi connectivity index (χ0) is 17.6. The van der Waals surface area contributed by atoms with E-state index in [0.717, 1.165) is 24.0 Å². The Labute approximate surface area is 145 Å². The van der Waals surface area contributed by atoms with Crippen molar-refractivity contribution in [1.29, 1.82) is 0 Å². The molecule has 2 aromatic carbocycles. The van der Waals surface area contributed by atoms with Crippen molar-refractivity contribution in [2.24, 2.45) is 0 Å². The molecule has 0 radical (unpaired) electrons. The number of hydrogen-bond acceptors (Lipinski definition) is 4. The maximum absolute atomic E-state index is 11.6. The summed E-state index contributed by atoms with van der Waals surface area (Å²) in [7, 11) is 0. The van der Waals surface area contributed by atoms with Gasteiger partial charge in [0, 0.05) is 5.56 Å². The van der Waals surface area contributed by atoms with Gasteiger partial charge in [-0.05, 0) is 36.2 Å². The maximum atomic E-state index is 11.6. The van der Waals surface area contributed by atoms with Crippen LogP contribution in [0.1, 0.15) is 35.7 Å². The number of aromatic nitrogens is 2. The van der Waals surface area contributed by atoms with Crippen molar-refractivity contribution in [2.75, 3.05) is 0 Å². The summed E-state index contributed by atoms with van der Waals surface area (Å²) in [5, 5.41) is 17.6. The Bertz CT molecular complexity index is 898. The Morgan fingerprint density at radius 3 is 2.60 bits per heavy atom. The lowest BCUT2D eigenvalue weighted by Crippen LogP contribution is -2.00. The van der Waals surface area contributed by atoms with Gasteiger partial charge in [0.25, 0.3) is 0 Å². The lowest BCUT2D eigenvalue weighted by atomic mass is 10.0. The van der Waals surface area contributed by atoms with Gasteiger partial charge in [-0.25, -0.2) is 4.79 Å². The number of benzene rings is 2. The molecule has 1 heterocycles. The Kier molecular flexibility index (Phi) is 5.04. The molecule has 25 heavy (non-hydrogen) atoms. The molecule has 0 amide bonds. The molecular formula is C20H18N2O3. The Morgan fingerprint density at radius 2 is 1.88 bits per heavy atom. The summed E-state index contributed by atoms with van der Waals surface area (Å²) in [6.07, 6.45) is 5.95. The summed E-state index contributed by atoms with van der Waals surface area (Å²) < 4.78 is 5.68. The molecule has 0 saturated carbocycles. The van der Waals surface area contributed by atoms with Crippen molar-refractivity contribution in [2.45, 2.75) is 19.8 Å². The summed E-state index contributed by atoms with van der Waals surface area (Å²) in [4.78, 5) is 11.6. The molecule has 3 rings (SSSR count). The molecule has 5 nitrogen and oxygen atoms in total. The van der Waals surface area contributed by atoms with Crippen LogP contribution in [0.25, 0.3) is 29.0 Å². The van der Waals surface area contributed by atoms with E-state index >= 15 is 0 Å². The van der Waals surface area contributed by atoms with Gasteiger partial charge in [-0.15, -0.1) is 10.2 Å². The molecule has 0 aliphatic rings. The number of allylic oxidation sites excluding steroid dienone is 1. The second-order valence-corrected chi connectivity index (χ2v) is 5.58. The van der Waals surface area contributed by atoms with E-state index in [0.29, 0.717) is 11.5 Å². The van der Waals surface area contributed by atoms with Crippen LogP contribution in [0.3, 0.4) is 0 Å². The van der Waals surface area contributed by atoms with Crippen LogP contribution in [0.5, 0.6) is 0 Å². The molecule has 1 aromatic heterocycles. The molecule has 126 valence electrons. The highest BCUT2D eigenvalue weighted by Crippen LogP contribution is 2.27. The number of carboxylic acids is 1. The molecule has 0 aliphatic carbocycles. The standard InChI is InChI=1S/C20H18N2O3/c1-2-3-5-8-14-11-12-16(17(13-14)20(23)24)19-22-21-18(25-19)15-9-6-4-7-10-15/h4-13H,2-3H2,1H3,(H,23,24). The highest BCUT2D eigenvalue weighted by atomic mass is 16.4. The zero-order valence-corrected chi connectivity index (χ0v) is 13.8. The summed E-state index contributed by atoms with van der Waals surface area (Å²) >= 11 is 0. The molecule has 0 spiro atoms. The number of hydrogen-bond donors (Lipinski definition) is 1. The minimum Gasteiger partial charge on any atom is -0.478 e. The monoisotopic (exact) mass is 334 g/mol. The first-order valence-corrected chi connectivity index (χ1v) is 8.12. The lowest BCUT2D eigenvalue weighted by molar-refractivity contribution is 0.0697. The number of carboxylic acid groups (broad SMARTS) is 1. The normalized spacial score (nSPS) is 11.1. The predicted octanol–water partition coefficient (Wildman–Crippen LogP) is 4.92. The van der Waals surface area contributed by atoms with Crippen molar-refractivity contribution in [1.82, 2.24) is 10.2 Å². The van der Waals surface area contributed by atoms with E-state index in [4.69, 9.17) is 4.42 Å². The molecule has 0 bridgehead atoms. The topological polar surface area (TPSA) is 76.2 Å². The smallest absolute Gasteiger partial charge is 0.336 e. The second kappa shape index (κ2) is 7.57. The molecule has 0 unspecified atom stereocenters. The Morgan fingerprint density at radius 1 is 1.12 bits per heavy atom. The van der Waals surface area contributed by atoms with Crippen molar-refractivity contribution in [3.8, 4) is 22.9 Å². The van der Waals surface area contributed by atoms with Crippen LogP contribution in [0, 0.1) is 0 Å². The molecule has 5 heteroatoms. The van der Waals surface area contributed by atoms with E-state index < -0.39 is 5.97 Å². The van der Waals surface area contributed by atoms with Crippen LogP contribution >= 0.6 is 0 Å². The number of aromatic carboxylic acids is 1. The Hall–Kier alpha value is -3.21. The summed E-state index contributed by atoms with van der Waals surface area (Å²) in [5.41, 5.74) is 2.17. The number of nitrogens with zero attached hydrogens (tertiary/aromatic N) is 2. The minimum absolute atomic E-state index is 0.141. The number of carbonyl (C=O) groups is 1. The van der Waals surface area contributed by atoms with E-state index in [9.17, 15) is 9.90 Å². The first-order chi connectivity index (χ1) is 12.2. The quantitative estimate of drug-likeness (QED) is 0.692. The maximum Gasteiger partial charge on any atom is 0.336 e. The average molecular weight is 334 g/mol. The van der Waals surface area contributed by atoms with Crippen molar-refractivity contribution in [3.05, 3.63) is 65.7 Å². The van der Waals surface area contributed by atoms with Crippen LogP contribution < -0.4 is 0 Å². The van der Waals surface area contributed by atoms with Crippen LogP contribution in [0.4, 0.5) is 0 Å². The Balaban J connectivity index is 1.97. The van der Waals surface area contributed by atoms with Gasteiger partial charge in [0.05, 0.1) is 11.1 Å². The molecule has 0 aliphatic heterocycles. The van der Waals surface area contributed by atoms with Gasteiger partial charge in [0.15, 0.2) is 0 Å². The highest BCUT2D eigenvalue weighted by Gasteiger charge is 2.18. The van der Waals surface area contributed by atoms with Gasteiger partial charge >= 0.3 is 5.97 Å². The summed E-state index contributed by atoms with van der Waals surface area (Å²) in [6, 6.07) is 14.5. The van der Waals surface area contributed by atoms with Crippen molar-refractivity contribution >= 4 is 12.0 Å². The van der Waals surface area contributed by atoms with E-state index in [1.807, 2.05) is 48.6 Å². The minimum atomic E-state index is -1.03. The van der Waals surface area contributed by atoms with Gasteiger partial charge in [-0.3, -0.25) is 0 Å². The first kappa shape index (κ1) is 16.6. The summed E-state index contributed by atoms with van der Waals surface area (Å²) in [5.74, 6) is -0.473. The molecule has 1 N–H and O–H groups in total. The van der Waals surface area contributed by atoms with E-state index in [1.54, 1.807) is 12.1 Å². The number of unbranched alkanes of at least 4 members (excludes halogenated alkanes) is 1. The highest BCUT2D eigenvalue weighted by molar-refractivity contribution is 5.95. The van der Waals surface area contributed by atoms with Crippen molar-refractivity contribution < 1.29 is 14.3 Å². The fourth-order valence-electron chi connectivity index (χ4n) is 2.44. The van der Waals surface area contributed by atoms with Gasteiger partial charge in [0.1, 0.15) is 0 Å². The number of rotatable bonds is 6. The average Bonchev–Trinajstić information content (AvgIpc) is 3.12. The first-order valence-electron chi connectivity index (χ1n) is 8.12. The second-order valence-electron chi connectivity index (χ2n) is 5.58. The fraction of sp³-hybridized carbons (Fsp3) is 0.150. The molecule has 0 fully saturated rings. The van der Waals surface area contributed by atoms with Crippen LogP contribution in [-0.4, -0.2) is 21.3 Å². The van der Waals surface area contributed by atoms with Gasteiger partial charge in [0.2, 0.25) is 11.8 Å². The third-order valence-electron chi connectivity index (χ3n) is 3.72. The lowest BCUT2D eigenvalue weighted by Gasteiger charge is -2.03. The zero-order valence-electron chi connectivity index (χ0n) is 13.8. The fourth-order valence-corrected chi connectivity index (χ4v) is 2.44. The SMILES string of the molecule is CCCC=Cc1ccc(-c2nnc(-c3ccccc3)o2)c(C(=O)O)c1. The third kappa shape index (κ3) is 3.83. The van der Waals surface area contributed by atoms with E-state index in [-0.39, 0.29) is 11.5 Å². The third-order valence-corrected chi connectivity index (χ3v) is 3.72. The predicted molar refractivity (Wildman–Crippen MR) is 96.1 cm³/mol. The van der Waals surface area contributed by atoms with Gasteiger partial charge in [-0.1, -0.05) is 49.8 Å². The summed E-state index contributed by atoms with van der Waals surface area (Å²) in [6.45, 7) is 2.09. The van der Waals surface area contributed by atoms with Gasteiger partial charge in [-0.2, -0.15) is 0 Å². The van der Waals surface area contributed by atoms with E-state index in [2.05, 4.69) is 17.1 Å². The molecule has 0 saturated heterocycles. The largest absolute Gasteiger partial charge is 0.478 e. The van der Waals surface area contributed by atoms with Crippen LogP contribution in [0.2, 0.25) is 0 Å². The molecule has 3 aromatic rings. The van der Waals surface area contributed by atoms with Crippen LogP contribution in [0.15, 0.2) is 59.0 Å². The molecule has 0 atom stereocenters.